The lowest BCUT2D eigenvalue weighted by molar-refractivity contribution is -0.140. The highest BCUT2D eigenvalue weighted by atomic mass is 32.1. The molecule has 0 bridgehead atoms. The van der Waals surface area contributed by atoms with Gasteiger partial charge in [-0.25, -0.2) is 0 Å². The Morgan fingerprint density at radius 2 is 2.12 bits per heavy atom. The van der Waals surface area contributed by atoms with Gasteiger partial charge in [-0.05, 0) is 31.2 Å². The maximum atomic E-state index is 12.1. The van der Waals surface area contributed by atoms with Crippen molar-refractivity contribution in [1.82, 2.24) is 4.57 Å². The molecule has 5 nitrogen and oxygen atoms in total. The summed E-state index contributed by atoms with van der Waals surface area (Å²) in [4.78, 5) is 24.7. The molecule has 0 fully saturated rings. The van der Waals surface area contributed by atoms with Crippen LogP contribution in [-0.4, -0.2) is 23.6 Å². The fourth-order valence-corrected chi connectivity index (χ4v) is 3.79. The smallest absolute Gasteiger partial charge is 0.305 e. The van der Waals surface area contributed by atoms with E-state index in [9.17, 15) is 9.59 Å². The van der Waals surface area contributed by atoms with Crippen LogP contribution in [0.5, 0.6) is 0 Å². The zero-order chi connectivity index (χ0) is 17.7. The van der Waals surface area contributed by atoms with E-state index in [0.29, 0.717) is 12.0 Å². The monoisotopic (exact) mass is 348 g/mol. The number of nitrogens with zero attached hydrogens (tertiary/aromatic N) is 1. The van der Waals surface area contributed by atoms with E-state index in [4.69, 9.17) is 10.5 Å². The molecule has 2 aromatic rings. The SMILES string of the molecule is CCCCn1c(C)c(C(N)=O)c(-c2cccs2)c1CCC(=O)OC. The molecule has 0 saturated heterocycles. The van der Waals surface area contributed by atoms with Gasteiger partial charge in [0.1, 0.15) is 0 Å². The van der Waals surface area contributed by atoms with Gasteiger partial charge in [0.15, 0.2) is 0 Å². The molecule has 2 N–H and O–H groups in total. The molecule has 130 valence electrons. The number of unbranched alkanes of at least 4 members (excludes halogenated alkanes) is 1. The molecule has 2 aromatic heterocycles. The first-order valence-corrected chi connectivity index (χ1v) is 9.01. The van der Waals surface area contributed by atoms with E-state index in [1.165, 1.54) is 7.11 Å². The van der Waals surface area contributed by atoms with Gasteiger partial charge in [-0.2, -0.15) is 0 Å². The van der Waals surface area contributed by atoms with Gasteiger partial charge in [-0.15, -0.1) is 11.3 Å². The molecule has 0 aliphatic carbocycles. The topological polar surface area (TPSA) is 74.3 Å². The van der Waals surface area contributed by atoms with Crippen molar-refractivity contribution in [3.8, 4) is 10.4 Å². The highest BCUT2D eigenvalue weighted by Crippen LogP contribution is 2.36. The van der Waals surface area contributed by atoms with Crippen LogP contribution in [0.15, 0.2) is 17.5 Å². The average Bonchev–Trinajstić information content (AvgIpc) is 3.16. The number of rotatable bonds is 8. The van der Waals surface area contributed by atoms with Crippen molar-refractivity contribution >= 4 is 23.2 Å². The van der Waals surface area contributed by atoms with Gasteiger partial charge in [-0.3, -0.25) is 9.59 Å². The van der Waals surface area contributed by atoms with Crippen molar-refractivity contribution < 1.29 is 14.3 Å². The Bertz CT molecular complexity index is 717. The van der Waals surface area contributed by atoms with Crippen molar-refractivity contribution in [3.05, 3.63) is 34.5 Å². The van der Waals surface area contributed by atoms with Crippen LogP contribution < -0.4 is 5.73 Å². The lowest BCUT2D eigenvalue weighted by Crippen LogP contribution is -2.13. The van der Waals surface area contributed by atoms with Crippen molar-refractivity contribution in [1.29, 1.82) is 0 Å². The number of carbonyl (C=O) groups is 2. The van der Waals surface area contributed by atoms with Crippen molar-refractivity contribution in [2.75, 3.05) is 7.11 Å². The normalized spacial score (nSPS) is 10.8. The largest absolute Gasteiger partial charge is 0.469 e. The Balaban J connectivity index is 2.59. The van der Waals surface area contributed by atoms with Gasteiger partial charge in [0.2, 0.25) is 0 Å². The second-order valence-electron chi connectivity index (χ2n) is 5.70. The molecular weight excluding hydrogens is 324 g/mol. The van der Waals surface area contributed by atoms with Crippen LogP contribution in [0.2, 0.25) is 0 Å². The predicted molar refractivity (Wildman–Crippen MR) is 96.2 cm³/mol. The summed E-state index contributed by atoms with van der Waals surface area (Å²) in [7, 11) is 1.39. The molecule has 0 radical (unpaired) electrons. The molecule has 24 heavy (non-hydrogen) atoms. The Morgan fingerprint density at radius 3 is 2.67 bits per heavy atom. The van der Waals surface area contributed by atoms with Gasteiger partial charge in [0.25, 0.3) is 5.91 Å². The predicted octanol–water partition coefficient (Wildman–Crippen LogP) is 3.53. The minimum atomic E-state index is -0.425. The van der Waals surface area contributed by atoms with Gasteiger partial charge in [-0.1, -0.05) is 19.4 Å². The summed E-state index contributed by atoms with van der Waals surface area (Å²) >= 11 is 1.57. The molecular formula is C18H24N2O3S. The van der Waals surface area contributed by atoms with Crippen molar-refractivity contribution in [2.24, 2.45) is 5.73 Å². The minimum absolute atomic E-state index is 0.256. The number of ether oxygens (including phenoxy) is 1. The summed E-state index contributed by atoms with van der Waals surface area (Å²) < 4.78 is 6.91. The lowest BCUT2D eigenvalue weighted by atomic mass is 10.0. The fourth-order valence-electron chi connectivity index (χ4n) is 2.99. The third kappa shape index (κ3) is 3.70. The van der Waals surface area contributed by atoms with Crippen LogP contribution in [0.4, 0.5) is 0 Å². The highest BCUT2D eigenvalue weighted by Gasteiger charge is 2.25. The number of primary amides is 1. The van der Waals surface area contributed by atoms with Crippen LogP contribution in [0.1, 0.15) is 47.9 Å². The van der Waals surface area contributed by atoms with E-state index in [2.05, 4.69) is 11.5 Å². The Morgan fingerprint density at radius 1 is 1.38 bits per heavy atom. The van der Waals surface area contributed by atoms with E-state index in [1.807, 2.05) is 24.4 Å². The summed E-state index contributed by atoms with van der Waals surface area (Å²) in [6, 6.07) is 3.94. The van der Waals surface area contributed by atoms with E-state index in [-0.39, 0.29) is 12.4 Å². The molecule has 6 heteroatoms. The molecule has 0 atom stereocenters. The molecule has 0 aliphatic heterocycles. The molecule has 0 aliphatic rings. The molecule has 0 saturated carbocycles. The van der Waals surface area contributed by atoms with E-state index >= 15 is 0 Å². The van der Waals surface area contributed by atoms with E-state index < -0.39 is 5.91 Å². The summed E-state index contributed by atoms with van der Waals surface area (Å²) in [6.45, 7) is 4.86. The highest BCUT2D eigenvalue weighted by molar-refractivity contribution is 7.13. The lowest BCUT2D eigenvalue weighted by Gasteiger charge is -2.12. The second-order valence-corrected chi connectivity index (χ2v) is 6.65. The number of aromatic nitrogens is 1. The zero-order valence-corrected chi connectivity index (χ0v) is 15.2. The molecule has 0 spiro atoms. The van der Waals surface area contributed by atoms with Gasteiger partial charge in [0.05, 0.1) is 19.1 Å². The molecule has 1 amide bonds. The van der Waals surface area contributed by atoms with Crippen LogP contribution in [0.25, 0.3) is 10.4 Å². The second kappa shape index (κ2) is 8.15. The number of hydrogen-bond donors (Lipinski definition) is 1. The third-order valence-corrected chi connectivity index (χ3v) is 5.06. The number of carbonyl (C=O) groups excluding carboxylic acids is 2. The van der Waals surface area contributed by atoms with Gasteiger partial charge >= 0.3 is 5.97 Å². The average molecular weight is 348 g/mol. The number of amides is 1. The first kappa shape index (κ1) is 18.3. The molecule has 0 aromatic carbocycles. The summed E-state index contributed by atoms with van der Waals surface area (Å²) in [5.74, 6) is -0.681. The standard InChI is InChI=1S/C18H24N2O3S/c1-4-5-10-20-12(2)16(18(19)22)17(14-7-6-11-24-14)13(20)8-9-15(21)23-3/h6-7,11H,4-5,8-10H2,1-3H3,(H2,19,22). The number of hydrogen-bond acceptors (Lipinski definition) is 4. The van der Waals surface area contributed by atoms with E-state index in [1.54, 1.807) is 11.3 Å². The van der Waals surface area contributed by atoms with Gasteiger partial charge < -0.3 is 15.0 Å². The third-order valence-electron chi connectivity index (χ3n) is 4.17. The molecule has 0 unspecified atom stereocenters. The van der Waals surface area contributed by atoms with Crippen molar-refractivity contribution in [2.45, 2.75) is 46.1 Å². The zero-order valence-electron chi connectivity index (χ0n) is 14.4. The number of thiophene rings is 1. The van der Waals surface area contributed by atoms with Crippen LogP contribution in [-0.2, 0) is 22.5 Å². The molecule has 2 rings (SSSR count). The minimum Gasteiger partial charge on any atom is -0.469 e. The quantitative estimate of drug-likeness (QED) is 0.742. The fraction of sp³-hybridized carbons (Fsp3) is 0.444. The first-order chi connectivity index (χ1) is 11.5. The van der Waals surface area contributed by atoms with Crippen LogP contribution in [0, 0.1) is 6.92 Å². The Hall–Kier alpha value is -2.08. The summed E-state index contributed by atoms with van der Waals surface area (Å²) in [6.07, 6.45) is 2.86. The van der Waals surface area contributed by atoms with Crippen LogP contribution >= 0.6 is 11.3 Å². The Kier molecular flexibility index (Phi) is 6.20. The van der Waals surface area contributed by atoms with Crippen LogP contribution in [0.3, 0.4) is 0 Å². The number of nitrogens with two attached hydrogens (primary N) is 1. The van der Waals surface area contributed by atoms with Gasteiger partial charge in [0, 0.05) is 28.4 Å². The molecule has 2 heterocycles. The summed E-state index contributed by atoms with van der Waals surface area (Å²) in [5.41, 5.74) is 8.97. The Labute approximate surface area is 146 Å². The van der Waals surface area contributed by atoms with Crippen molar-refractivity contribution in [3.63, 3.8) is 0 Å². The first-order valence-electron chi connectivity index (χ1n) is 8.13. The summed E-state index contributed by atoms with van der Waals surface area (Å²) in [5, 5.41) is 1.98. The van der Waals surface area contributed by atoms with E-state index in [0.717, 1.165) is 41.2 Å². The maximum Gasteiger partial charge on any atom is 0.305 e. The maximum absolute atomic E-state index is 12.1. The number of esters is 1. The number of methoxy groups -OCH3 is 1.